The summed E-state index contributed by atoms with van der Waals surface area (Å²) < 4.78 is 0. The van der Waals surface area contributed by atoms with Crippen molar-refractivity contribution in [1.29, 1.82) is 5.26 Å². The number of hydrogen-bond acceptors (Lipinski definition) is 4. The van der Waals surface area contributed by atoms with Gasteiger partial charge >= 0.3 is 0 Å². The van der Waals surface area contributed by atoms with Gasteiger partial charge < -0.3 is 4.90 Å². The Kier molecular flexibility index (Phi) is 1.45. The van der Waals surface area contributed by atoms with Gasteiger partial charge in [0.05, 0.1) is 6.34 Å². The molecule has 0 bridgehead atoms. The highest BCUT2D eigenvalue weighted by Crippen LogP contribution is 1.95. The summed E-state index contributed by atoms with van der Waals surface area (Å²) in [5.74, 6) is 0. The van der Waals surface area contributed by atoms with Crippen molar-refractivity contribution < 1.29 is 0 Å². The molecule has 0 aliphatic carbocycles. The minimum absolute atomic E-state index is 0.387. The fourth-order valence-electron chi connectivity index (χ4n) is 0.529. The molecule has 0 amide bonds. The molecule has 0 spiro atoms. The van der Waals surface area contributed by atoms with E-state index < -0.39 is 0 Å². The molecule has 1 unspecified atom stereocenters. The Hall–Kier alpha value is -1.37. The van der Waals surface area contributed by atoms with E-state index in [1.807, 2.05) is 6.07 Å². The molecule has 0 saturated carbocycles. The second kappa shape index (κ2) is 2.27. The van der Waals surface area contributed by atoms with Crippen LogP contribution in [0.1, 0.15) is 0 Å². The molecule has 1 aliphatic rings. The topological polar surface area (TPSA) is 51.8 Å². The second-order valence-corrected chi connectivity index (χ2v) is 1.70. The lowest BCUT2D eigenvalue weighted by molar-refractivity contribution is 0.455. The van der Waals surface area contributed by atoms with Gasteiger partial charge in [0.25, 0.3) is 0 Å². The zero-order valence-electron chi connectivity index (χ0n) is 5.02. The average Bonchev–Trinajstić information content (AvgIpc) is 1.89. The summed E-state index contributed by atoms with van der Waals surface area (Å²) in [7, 11) is 1.76. The van der Waals surface area contributed by atoms with Crippen LogP contribution in [0.3, 0.4) is 0 Å². The number of rotatable bonds is 0. The number of hydrogen-bond donors (Lipinski definition) is 0. The van der Waals surface area contributed by atoms with E-state index in [0.29, 0.717) is 0 Å². The highest BCUT2D eigenvalue weighted by Gasteiger charge is 2.08. The summed E-state index contributed by atoms with van der Waals surface area (Å²) in [6, 6.07) is 1.99. The lowest BCUT2D eigenvalue weighted by Crippen LogP contribution is -2.29. The van der Waals surface area contributed by atoms with Crippen LogP contribution in [0.5, 0.6) is 0 Å². The highest BCUT2D eigenvalue weighted by atomic mass is 15.3. The van der Waals surface area contributed by atoms with Gasteiger partial charge in [-0.3, -0.25) is 0 Å². The first-order valence-corrected chi connectivity index (χ1v) is 2.51. The predicted octanol–water partition coefficient (Wildman–Crippen LogP) is -0.162. The second-order valence-electron chi connectivity index (χ2n) is 1.70. The monoisotopic (exact) mass is 122 g/mol. The summed E-state index contributed by atoms with van der Waals surface area (Å²) >= 11 is 0. The van der Waals surface area contributed by atoms with Gasteiger partial charge in [-0.2, -0.15) is 5.26 Å². The maximum atomic E-state index is 8.39. The minimum atomic E-state index is -0.387. The van der Waals surface area contributed by atoms with Crippen molar-refractivity contribution in [3.8, 4) is 6.07 Å². The van der Waals surface area contributed by atoms with Gasteiger partial charge in [0.1, 0.15) is 12.4 Å². The first-order valence-electron chi connectivity index (χ1n) is 2.51. The standard InChI is InChI=1S/C5H6N4/c1-9-4-7-3-8-5(9)2-6/h3-5H,1H3. The van der Waals surface area contributed by atoms with Crippen LogP contribution in [0.2, 0.25) is 0 Å². The molecule has 46 valence electrons. The summed E-state index contributed by atoms with van der Waals surface area (Å²) in [6.45, 7) is 0. The first kappa shape index (κ1) is 5.76. The van der Waals surface area contributed by atoms with Crippen LogP contribution in [-0.2, 0) is 0 Å². The van der Waals surface area contributed by atoms with Crippen LogP contribution in [-0.4, -0.2) is 30.8 Å². The van der Waals surface area contributed by atoms with Crippen LogP contribution in [0.25, 0.3) is 0 Å². The molecule has 0 N–H and O–H groups in total. The summed E-state index contributed by atoms with van der Waals surface area (Å²) in [5, 5.41) is 8.39. The third kappa shape index (κ3) is 1.05. The smallest absolute Gasteiger partial charge is 0.211 e. The maximum absolute atomic E-state index is 8.39. The molecule has 1 heterocycles. The van der Waals surface area contributed by atoms with Crippen LogP contribution < -0.4 is 0 Å². The van der Waals surface area contributed by atoms with E-state index in [2.05, 4.69) is 9.98 Å². The van der Waals surface area contributed by atoms with Crippen LogP contribution >= 0.6 is 0 Å². The van der Waals surface area contributed by atoms with E-state index in [1.54, 1.807) is 18.3 Å². The van der Waals surface area contributed by atoms with Gasteiger partial charge in [0.2, 0.25) is 6.17 Å². The van der Waals surface area contributed by atoms with Gasteiger partial charge in [-0.05, 0) is 0 Å². The summed E-state index contributed by atoms with van der Waals surface area (Å²) in [6.07, 6.45) is 2.57. The van der Waals surface area contributed by atoms with E-state index >= 15 is 0 Å². The largest absolute Gasteiger partial charge is 0.332 e. The Bertz CT molecular complexity index is 188. The molecule has 0 radical (unpaired) electrons. The van der Waals surface area contributed by atoms with Gasteiger partial charge in [-0.25, -0.2) is 9.98 Å². The predicted molar refractivity (Wildman–Crippen MR) is 34.1 cm³/mol. The van der Waals surface area contributed by atoms with Crippen LogP contribution in [0.15, 0.2) is 9.98 Å². The molecule has 0 aromatic heterocycles. The summed E-state index contributed by atoms with van der Waals surface area (Å²) in [4.78, 5) is 9.12. The molecule has 0 fully saturated rings. The molecule has 9 heavy (non-hydrogen) atoms. The van der Waals surface area contributed by atoms with Gasteiger partial charge in [-0.1, -0.05) is 0 Å². The Morgan fingerprint density at radius 1 is 1.78 bits per heavy atom. The Balaban J connectivity index is 2.68. The van der Waals surface area contributed by atoms with E-state index in [1.165, 1.54) is 6.34 Å². The number of nitriles is 1. The molecular weight excluding hydrogens is 116 g/mol. The number of aliphatic imine (C=N–C) groups is 2. The minimum Gasteiger partial charge on any atom is -0.332 e. The SMILES string of the molecule is CN1C=NC=NC1C#N. The first-order chi connectivity index (χ1) is 4.34. The Labute approximate surface area is 53.1 Å². The van der Waals surface area contributed by atoms with E-state index in [-0.39, 0.29) is 6.17 Å². The van der Waals surface area contributed by atoms with Gasteiger partial charge in [-0.15, -0.1) is 0 Å². The molecule has 0 aromatic rings. The normalized spacial score (nSPS) is 24.0. The van der Waals surface area contributed by atoms with Crippen molar-refractivity contribution in [1.82, 2.24) is 4.90 Å². The fourth-order valence-corrected chi connectivity index (χ4v) is 0.529. The highest BCUT2D eigenvalue weighted by molar-refractivity contribution is 5.73. The molecule has 1 rings (SSSR count). The Morgan fingerprint density at radius 3 is 3.00 bits per heavy atom. The van der Waals surface area contributed by atoms with E-state index in [4.69, 9.17) is 5.26 Å². The molecule has 1 aliphatic heterocycles. The molecule has 4 heteroatoms. The molecule has 0 aromatic carbocycles. The third-order valence-electron chi connectivity index (χ3n) is 1.02. The van der Waals surface area contributed by atoms with Crippen molar-refractivity contribution in [3.05, 3.63) is 0 Å². The number of nitrogens with zero attached hydrogens (tertiary/aromatic N) is 4. The molecule has 1 atom stereocenters. The van der Waals surface area contributed by atoms with Crippen molar-refractivity contribution in [2.45, 2.75) is 6.17 Å². The van der Waals surface area contributed by atoms with Gasteiger partial charge in [0, 0.05) is 7.05 Å². The maximum Gasteiger partial charge on any atom is 0.211 e. The molecule has 4 nitrogen and oxygen atoms in total. The Morgan fingerprint density at radius 2 is 2.56 bits per heavy atom. The molecular formula is C5H6N4. The molecule has 0 saturated heterocycles. The lowest BCUT2D eigenvalue weighted by atomic mass is 10.5. The van der Waals surface area contributed by atoms with Crippen molar-refractivity contribution >= 4 is 12.7 Å². The van der Waals surface area contributed by atoms with Crippen LogP contribution in [0, 0.1) is 11.3 Å². The average molecular weight is 122 g/mol. The lowest BCUT2D eigenvalue weighted by Gasteiger charge is -2.16. The van der Waals surface area contributed by atoms with Crippen molar-refractivity contribution in [3.63, 3.8) is 0 Å². The zero-order chi connectivity index (χ0) is 6.69. The van der Waals surface area contributed by atoms with Crippen molar-refractivity contribution in [2.24, 2.45) is 9.98 Å². The fraction of sp³-hybridized carbons (Fsp3) is 0.400. The quantitative estimate of drug-likeness (QED) is 0.448. The van der Waals surface area contributed by atoms with E-state index in [9.17, 15) is 0 Å². The summed E-state index contributed by atoms with van der Waals surface area (Å²) in [5.41, 5.74) is 0. The van der Waals surface area contributed by atoms with E-state index in [0.717, 1.165) is 0 Å². The van der Waals surface area contributed by atoms with Crippen molar-refractivity contribution in [2.75, 3.05) is 7.05 Å². The van der Waals surface area contributed by atoms with Gasteiger partial charge in [0.15, 0.2) is 0 Å². The zero-order valence-corrected chi connectivity index (χ0v) is 5.02. The van der Waals surface area contributed by atoms with Crippen LogP contribution in [0.4, 0.5) is 0 Å². The third-order valence-corrected chi connectivity index (χ3v) is 1.02.